The third-order valence-electron chi connectivity index (χ3n) is 3.62. The quantitative estimate of drug-likeness (QED) is 0.861. The molecule has 112 valence electrons. The molecule has 21 heavy (non-hydrogen) atoms. The number of halogens is 1. The van der Waals surface area contributed by atoms with Gasteiger partial charge in [0, 0.05) is 29.9 Å². The van der Waals surface area contributed by atoms with Crippen molar-refractivity contribution in [1.29, 1.82) is 0 Å². The van der Waals surface area contributed by atoms with Crippen LogP contribution in [-0.2, 0) is 5.54 Å². The average Bonchev–Trinajstić information content (AvgIpc) is 2.49. The summed E-state index contributed by atoms with van der Waals surface area (Å²) in [6, 6.07) is 16.1. The standard InChI is InChI=1S/C17H21BrN2O/c1-17(12-21,19-16-7-5-4-6-15(16)18)13-8-10-14(11-9-13)20(2)3/h4-11,19,21H,12H2,1-3H3. The summed E-state index contributed by atoms with van der Waals surface area (Å²) in [4.78, 5) is 2.06. The molecule has 0 aliphatic heterocycles. The first-order valence-electron chi connectivity index (χ1n) is 6.88. The molecule has 2 rings (SSSR count). The van der Waals surface area contributed by atoms with E-state index in [1.54, 1.807) is 0 Å². The molecule has 2 aromatic rings. The Morgan fingerprint density at radius 1 is 1.10 bits per heavy atom. The smallest absolute Gasteiger partial charge is 0.0828 e. The lowest BCUT2D eigenvalue weighted by atomic mass is 9.92. The topological polar surface area (TPSA) is 35.5 Å². The molecular formula is C17H21BrN2O. The third-order valence-corrected chi connectivity index (χ3v) is 4.31. The van der Waals surface area contributed by atoms with Crippen molar-refractivity contribution in [2.24, 2.45) is 0 Å². The molecule has 2 N–H and O–H groups in total. The van der Waals surface area contributed by atoms with Crippen LogP contribution in [0, 0.1) is 0 Å². The molecule has 3 nitrogen and oxygen atoms in total. The van der Waals surface area contributed by atoms with Crippen LogP contribution in [-0.4, -0.2) is 25.8 Å². The Hall–Kier alpha value is -1.52. The molecule has 0 aliphatic carbocycles. The molecule has 0 saturated carbocycles. The fourth-order valence-electron chi connectivity index (χ4n) is 2.19. The highest BCUT2D eigenvalue weighted by Crippen LogP contribution is 2.31. The van der Waals surface area contributed by atoms with Gasteiger partial charge in [-0.25, -0.2) is 0 Å². The molecular weight excluding hydrogens is 328 g/mol. The van der Waals surface area contributed by atoms with Crippen LogP contribution >= 0.6 is 15.9 Å². The monoisotopic (exact) mass is 348 g/mol. The molecule has 2 aromatic carbocycles. The second kappa shape index (κ2) is 6.50. The molecule has 0 fully saturated rings. The summed E-state index contributed by atoms with van der Waals surface area (Å²) in [6.07, 6.45) is 0. The number of hydrogen-bond donors (Lipinski definition) is 2. The first-order valence-corrected chi connectivity index (χ1v) is 7.67. The second-order valence-corrected chi connectivity index (χ2v) is 6.39. The summed E-state index contributed by atoms with van der Waals surface area (Å²) in [7, 11) is 4.03. The van der Waals surface area contributed by atoms with Crippen molar-refractivity contribution in [3.05, 3.63) is 58.6 Å². The van der Waals surface area contributed by atoms with E-state index in [0.717, 1.165) is 21.4 Å². The predicted molar refractivity (Wildman–Crippen MR) is 93.0 cm³/mol. The van der Waals surface area contributed by atoms with Gasteiger partial charge in [0.1, 0.15) is 0 Å². The molecule has 1 atom stereocenters. The summed E-state index contributed by atoms with van der Waals surface area (Å²) < 4.78 is 0.981. The fraction of sp³-hybridized carbons (Fsp3) is 0.294. The highest BCUT2D eigenvalue weighted by molar-refractivity contribution is 9.10. The van der Waals surface area contributed by atoms with Gasteiger partial charge in [0.15, 0.2) is 0 Å². The number of nitrogens with zero attached hydrogens (tertiary/aromatic N) is 1. The summed E-state index contributed by atoms with van der Waals surface area (Å²) >= 11 is 3.53. The first-order chi connectivity index (χ1) is 9.96. The van der Waals surface area contributed by atoms with Gasteiger partial charge < -0.3 is 15.3 Å². The van der Waals surface area contributed by atoms with Crippen LogP contribution in [0.2, 0.25) is 0 Å². The molecule has 0 amide bonds. The Kier molecular flexibility index (Phi) is 4.91. The molecule has 1 unspecified atom stereocenters. The van der Waals surface area contributed by atoms with Crippen molar-refractivity contribution in [1.82, 2.24) is 0 Å². The van der Waals surface area contributed by atoms with E-state index in [0.29, 0.717) is 0 Å². The largest absolute Gasteiger partial charge is 0.394 e. The maximum absolute atomic E-state index is 9.88. The second-order valence-electron chi connectivity index (χ2n) is 5.54. The Labute approximate surface area is 134 Å². The van der Waals surface area contributed by atoms with E-state index in [-0.39, 0.29) is 6.61 Å². The normalized spacial score (nSPS) is 13.6. The number of aliphatic hydroxyl groups excluding tert-OH is 1. The Morgan fingerprint density at radius 2 is 1.71 bits per heavy atom. The fourth-order valence-corrected chi connectivity index (χ4v) is 2.57. The van der Waals surface area contributed by atoms with E-state index in [4.69, 9.17) is 0 Å². The number of hydrogen-bond acceptors (Lipinski definition) is 3. The van der Waals surface area contributed by atoms with Crippen molar-refractivity contribution in [2.75, 3.05) is 30.9 Å². The van der Waals surface area contributed by atoms with Gasteiger partial charge in [-0.3, -0.25) is 0 Å². The van der Waals surface area contributed by atoms with Gasteiger partial charge >= 0.3 is 0 Å². The summed E-state index contributed by atoms with van der Waals surface area (Å²) in [5.74, 6) is 0. The van der Waals surface area contributed by atoms with E-state index in [2.05, 4.69) is 50.4 Å². The average molecular weight is 349 g/mol. The Bertz CT molecular complexity index is 598. The lowest BCUT2D eigenvalue weighted by molar-refractivity contribution is 0.224. The number of aliphatic hydroxyl groups is 1. The summed E-state index contributed by atoms with van der Waals surface area (Å²) in [6.45, 7) is 2.01. The van der Waals surface area contributed by atoms with E-state index < -0.39 is 5.54 Å². The van der Waals surface area contributed by atoms with Crippen molar-refractivity contribution in [2.45, 2.75) is 12.5 Å². The van der Waals surface area contributed by atoms with Crippen molar-refractivity contribution >= 4 is 27.3 Å². The van der Waals surface area contributed by atoms with E-state index in [1.807, 2.05) is 45.3 Å². The third kappa shape index (κ3) is 3.57. The minimum Gasteiger partial charge on any atom is -0.394 e. The Balaban J connectivity index is 2.30. The van der Waals surface area contributed by atoms with E-state index in [1.165, 1.54) is 0 Å². The van der Waals surface area contributed by atoms with Crippen LogP contribution < -0.4 is 10.2 Å². The van der Waals surface area contributed by atoms with Crippen LogP contribution in [0.4, 0.5) is 11.4 Å². The number of anilines is 2. The number of benzene rings is 2. The summed E-state index contributed by atoms with van der Waals surface area (Å²) in [5.41, 5.74) is 2.62. The zero-order chi connectivity index (χ0) is 15.5. The Morgan fingerprint density at radius 3 is 2.24 bits per heavy atom. The minimum absolute atomic E-state index is 0.00957. The number of nitrogens with one attached hydrogen (secondary N) is 1. The molecule has 0 spiro atoms. The maximum atomic E-state index is 9.88. The highest BCUT2D eigenvalue weighted by Gasteiger charge is 2.26. The van der Waals surface area contributed by atoms with Gasteiger partial charge in [-0.15, -0.1) is 0 Å². The maximum Gasteiger partial charge on any atom is 0.0828 e. The zero-order valence-electron chi connectivity index (χ0n) is 12.6. The minimum atomic E-state index is -0.533. The van der Waals surface area contributed by atoms with Gasteiger partial charge in [0.2, 0.25) is 0 Å². The van der Waals surface area contributed by atoms with Crippen molar-refractivity contribution in [3.8, 4) is 0 Å². The van der Waals surface area contributed by atoms with Crippen LogP contribution in [0.1, 0.15) is 12.5 Å². The molecule has 0 saturated heterocycles. The number of rotatable bonds is 5. The highest BCUT2D eigenvalue weighted by atomic mass is 79.9. The molecule has 0 aliphatic rings. The molecule has 0 heterocycles. The lowest BCUT2D eigenvalue weighted by Crippen LogP contribution is -2.36. The van der Waals surface area contributed by atoms with E-state index in [9.17, 15) is 5.11 Å². The van der Waals surface area contributed by atoms with Gasteiger partial charge in [0.05, 0.1) is 12.1 Å². The molecule has 0 aromatic heterocycles. The lowest BCUT2D eigenvalue weighted by Gasteiger charge is -2.31. The van der Waals surface area contributed by atoms with Crippen LogP contribution in [0.25, 0.3) is 0 Å². The zero-order valence-corrected chi connectivity index (χ0v) is 14.2. The molecule has 0 radical (unpaired) electrons. The molecule has 4 heteroatoms. The summed E-state index contributed by atoms with van der Waals surface area (Å²) in [5, 5.41) is 13.3. The van der Waals surface area contributed by atoms with E-state index >= 15 is 0 Å². The van der Waals surface area contributed by atoms with Gasteiger partial charge in [-0.1, -0.05) is 24.3 Å². The first kappa shape index (κ1) is 15.9. The van der Waals surface area contributed by atoms with Crippen molar-refractivity contribution < 1.29 is 5.11 Å². The van der Waals surface area contributed by atoms with Gasteiger partial charge in [0.25, 0.3) is 0 Å². The molecule has 0 bridgehead atoms. The van der Waals surface area contributed by atoms with Gasteiger partial charge in [-0.05, 0) is 52.7 Å². The predicted octanol–water partition coefficient (Wildman–Crippen LogP) is 3.83. The SMILES string of the molecule is CN(C)c1ccc(C(C)(CO)Nc2ccccc2Br)cc1. The van der Waals surface area contributed by atoms with Crippen LogP contribution in [0.3, 0.4) is 0 Å². The number of para-hydroxylation sites is 1. The van der Waals surface area contributed by atoms with Crippen LogP contribution in [0.5, 0.6) is 0 Å². The van der Waals surface area contributed by atoms with Crippen molar-refractivity contribution in [3.63, 3.8) is 0 Å². The van der Waals surface area contributed by atoms with Crippen LogP contribution in [0.15, 0.2) is 53.0 Å². The van der Waals surface area contributed by atoms with Gasteiger partial charge in [-0.2, -0.15) is 0 Å².